The van der Waals surface area contributed by atoms with Crippen LogP contribution in [0, 0.1) is 11.8 Å². The highest BCUT2D eigenvalue weighted by Crippen LogP contribution is 2.36. The third-order valence-electron chi connectivity index (χ3n) is 5.09. The Balaban J connectivity index is 2.34. The zero-order valence-electron chi connectivity index (χ0n) is 15.7. The van der Waals surface area contributed by atoms with Gasteiger partial charge < -0.3 is 15.3 Å². The second-order valence-electron chi connectivity index (χ2n) is 7.10. The van der Waals surface area contributed by atoms with E-state index < -0.39 is 24.3 Å². The van der Waals surface area contributed by atoms with Gasteiger partial charge in [0, 0.05) is 18.8 Å². The molecule has 4 N–H and O–H groups in total. The SMILES string of the molecule is CCC(C=C[C@H]1[C@H](CC=CCCCCCCC(=O)O)[C@H](O)C[C@@H]1O)OO. The maximum Gasteiger partial charge on any atom is 0.303 e. The number of aliphatic hydroxyl groups excluding tert-OH is 2. The van der Waals surface area contributed by atoms with Crippen molar-refractivity contribution in [2.75, 3.05) is 0 Å². The van der Waals surface area contributed by atoms with Gasteiger partial charge in [-0.05, 0) is 38.0 Å². The number of carboxylic acid groups (broad SMARTS) is 1. The van der Waals surface area contributed by atoms with Crippen molar-refractivity contribution >= 4 is 5.97 Å². The molecule has 0 amide bonds. The van der Waals surface area contributed by atoms with Crippen molar-refractivity contribution in [3.63, 3.8) is 0 Å². The summed E-state index contributed by atoms with van der Waals surface area (Å²) >= 11 is 0. The van der Waals surface area contributed by atoms with E-state index in [2.05, 4.69) is 17.0 Å². The molecule has 0 spiro atoms. The molecule has 0 aromatic rings. The van der Waals surface area contributed by atoms with Crippen LogP contribution in [-0.2, 0) is 9.68 Å². The second-order valence-corrected chi connectivity index (χ2v) is 7.10. The van der Waals surface area contributed by atoms with Crippen molar-refractivity contribution in [1.29, 1.82) is 0 Å². The van der Waals surface area contributed by atoms with Gasteiger partial charge in [0.05, 0.1) is 12.2 Å². The molecule has 1 aliphatic carbocycles. The van der Waals surface area contributed by atoms with E-state index in [9.17, 15) is 15.0 Å². The van der Waals surface area contributed by atoms with E-state index in [0.29, 0.717) is 19.3 Å². The fourth-order valence-corrected chi connectivity index (χ4v) is 3.47. The Morgan fingerprint density at radius 2 is 1.88 bits per heavy atom. The first kappa shape index (κ1) is 22.8. The molecular weight excluding hydrogens is 336 g/mol. The van der Waals surface area contributed by atoms with Crippen molar-refractivity contribution < 1.29 is 30.3 Å². The standard InChI is InChI=1S/C20H34O6/c1-2-15(26-25)12-13-17-16(18(21)14-19(17)22)10-8-6-4-3-5-7-9-11-20(23)24/h6,8,12-13,15-19,21-22,25H,2-5,7,9-11,14H2,1H3,(H,23,24)/t15?,16-,17-,18+,19-/m0/s1. The summed E-state index contributed by atoms with van der Waals surface area (Å²) in [6.07, 6.45) is 12.9. The summed E-state index contributed by atoms with van der Waals surface area (Å²) in [5, 5.41) is 37.7. The summed E-state index contributed by atoms with van der Waals surface area (Å²) in [6, 6.07) is 0. The zero-order chi connectivity index (χ0) is 19.4. The number of rotatable bonds is 13. The fraction of sp³-hybridized carbons (Fsp3) is 0.750. The second kappa shape index (κ2) is 13.0. The van der Waals surface area contributed by atoms with Crippen molar-refractivity contribution in [3.05, 3.63) is 24.3 Å². The van der Waals surface area contributed by atoms with Crippen LogP contribution in [-0.4, -0.2) is 44.9 Å². The Morgan fingerprint density at radius 1 is 1.15 bits per heavy atom. The van der Waals surface area contributed by atoms with Gasteiger partial charge in [-0.25, -0.2) is 4.89 Å². The van der Waals surface area contributed by atoms with Crippen molar-refractivity contribution in [2.24, 2.45) is 11.8 Å². The molecule has 1 saturated carbocycles. The summed E-state index contributed by atoms with van der Waals surface area (Å²) in [4.78, 5) is 14.8. The number of carboxylic acids is 1. The van der Waals surface area contributed by atoms with Gasteiger partial charge in [0.25, 0.3) is 0 Å². The minimum Gasteiger partial charge on any atom is -0.481 e. The lowest BCUT2D eigenvalue weighted by atomic mass is 9.89. The molecule has 0 saturated heterocycles. The molecule has 6 nitrogen and oxygen atoms in total. The summed E-state index contributed by atoms with van der Waals surface area (Å²) < 4.78 is 0. The largest absolute Gasteiger partial charge is 0.481 e. The van der Waals surface area contributed by atoms with E-state index in [1.807, 2.05) is 13.0 Å². The van der Waals surface area contributed by atoms with Crippen LogP contribution in [0.5, 0.6) is 0 Å². The molecule has 0 aromatic heterocycles. The molecule has 5 atom stereocenters. The van der Waals surface area contributed by atoms with Crippen molar-refractivity contribution in [2.45, 2.75) is 83.0 Å². The predicted molar refractivity (Wildman–Crippen MR) is 99.6 cm³/mol. The van der Waals surface area contributed by atoms with Crippen LogP contribution in [0.2, 0.25) is 0 Å². The van der Waals surface area contributed by atoms with E-state index in [1.54, 1.807) is 6.08 Å². The van der Waals surface area contributed by atoms with Gasteiger partial charge in [0.2, 0.25) is 0 Å². The number of hydrogen-bond donors (Lipinski definition) is 4. The Kier molecular flexibility index (Phi) is 11.4. The summed E-state index contributed by atoms with van der Waals surface area (Å²) in [6.45, 7) is 1.90. The lowest BCUT2D eigenvalue weighted by Crippen LogP contribution is -2.20. The first-order valence-electron chi connectivity index (χ1n) is 9.71. The van der Waals surface area contributed by atoms with Crippen LogP contribution in [0.4, 0.5) is 0 Å². The predicted octanol–water partition coefficient (Wildman–Crippen LogP) is 3.54. The number of aliphatic hydroxyl groups is 2. The Morgan fingerprint density at radius 3 is 2.54 bits per heavy atom. The van der Waals surface area contributed by atoms with Crippen LogP contribution >= 0.6 is 0 Å². The molecule has 0 aliphatic heterocycles. The van der Waals surface area contributed by atoms with Crippen molar-refractivity contribution in [3.8, 4) is 0 Å². The molecule has 1 fully saturated rings. The van der Waals surface area contributed by atoms with Gasteiger partial charge in [-0.15, -0.1) is 0 Å². The molecule has 0 bridgehead atoms. The molecule has 1 unspecified atom stereocenters. The molecule has 6 heteroatoms. The maximum absolute atomic E-state index is 10.4. The van der Waals surface area contributed by atoms with E-state index >= 15 is 0 Å². The summed E-state index contributed by atoms with van der Waals surface area (Å²) in [5.74, 6) is -0.916. The van der Waals surface area contributed by atoms with E-state index in [-0.39, 0.29) is 18.3 Å². The smallest absolute Gasteiger partial charge is 0.303 e. The number of aliphatic carboxylic acids is 1. The monoisotopic (exact) mass is 370 g/mol. The molecule has 0 radical (unpaired) electrons. The molecule has 0 heterocycles. The third kappa shape index (κ3) is 8.45. The van der Waals surface area contributed by atoms with Gasteiger partial charge in [-0.1, -0.05) is 44.1 Å². The van der Waals surface area contributed by atoms with E-state index in [4.69, 9.17) is 10.4 Å². The topological polar surface area (TPSA) is 107 Å². The molecule has 26 heavy (non-hydrogen) atoms. The highest BCUT2D eigenvalue weighted by atomic mass is 17.1. The summed E-state index contributed by atoms with van der Waals surface area (Å²) in [7, 11) is 0. The van der Waals surface area contributed by atoms with Gasteiger partial charge in [-0.3, -0.25) is 10.1 Å². The average molecular weight is 370 g/mol. The third-order valence-corrected chi connectivity index (χ3v) is 5.09. The number of carbonyl (C=O) groups is 1. The maximum atomic E-state index is 10.4. The fourth-order valence-electron chi connectivity index (χ4n) is 3.47. The van der Waals surface area contributed by atoms with Crippen molar-refractivity contribution in [1.82, 2.24) is 0 Å². The number of unbranched alkanes of at least 4 members (excludes halogenated alkanes) is 4. The van der Waals surface area contributed by atoms with Gasteiger partial charge in [-0.2, -0.15) is 0 Å². The van der Waals surface area contributed by atoms with Gasteiger partial charge in [0.15, 0.2) is 0 Å². The molecule has 150 valence electrons. The quantitative estimate of drug-likeness (QED) is 0.171. The molecule has 1 aliphatic rings. The molecule has 0 aromatic carbocycles. The molecule has 1 rings (SSSR count). The Hall–Kier alpha value is -1.21. The van der Waals surface area contributed by atoms with E-state index in [1.165, 1.54) is 0 Å². The van der Waals surface area contributed by atoms with Crippen LogP contribution in [0.3, 0.4) is 0 Å². The number of hydrogen-bond acceptors (Lipinski definition) is 5. The van der Waals surface area contributed by atoms with Gasteiger partial charge >= 0.3 is 5.97 Å². The minimum absolute atomic E-state index is 0.0377. The minimum atomic E-state index is -0.735. The number of allylic oxidation sites excluding steroid dienone is 2. The average Bonchev–Trinajstić information content (AvgIpc) is 2.87. The Labute approximate surface area is 156 Å². The lowest BCUT2D eigenvalue weighted by molar-refractivity contribution is -0.266. The highest BCUT2D eigenvalue weighted by Gasteiger charge is 2.39. The normalized spacial score (nSPS) is 27.5. The van der Waals surface area contributed by atoms with Crippen LogP contribution < -0.4 is 0 Å². The first-order valence-corrected chi connectivity index (χ1v) is 9.71. The zero-order valence-corrected chi connectivity index (χ0v) is 15.7. The summed E-state index contributed by atoms with van der Waals surface area (Å²) in [5.41, 5.74) is 0. The van der Waals surface area contributed by atoms with E-state index in [0.717, 1.165) is 32.1 Å². The highest BCUT2D eigenvalue weighted by molar-refractivity contribution is 5.66. The van der Waals surface area contributed by atoms with Crippen LogP contribution in [0.25, 0.3) is 0 Å². The lowest BCUT2D eigenvalue weighted by Gasteiger charge is -2.19. The van der Waals surface area contributed by atoms with Crippen LogP contribution in [0.15, 0.2) is 24.3 Å². The van der Waals surface area contributed by atoms with Gasteiger partial charge in [0.1, 0.15) is 6.10 Å². The molecular formula is C20H34O6. The Bertz CT molecular complexity index is 444. The first-order chi connectivity index (χ1) is 12.5. The van der Waals surface area contributed by atoms with Crippen LogP contribution in [0.1, 0.15) is 64.7 Å².